The fourth-order valence-corrected chi connectivity index (χ4v) is 3.40. The molecule has 17 heavy (non-hydrogen) atoms. The van der Waals surface area contributed by atoms with E-state index in [4.69, 9.17) is 0 Å². The molecule has 0 aromatic heterocycles. The molecule has 2 aliphatic carbocycles. The third kappa shape index (κ3) is 2.25. The highest BCUT2D eigenvalue weighted by Gasteiger charge is 2.54. The van der Waals surface area contributed by atoms with Gasteiger partial charge in [-0.3, -0.25) is 4.79 Å². The van der Waals surface area contributed by atoms with Crippen molar-refractivity contribution in [1.82, 2.24) is 0 Å². The zero-order valence-corrected chi connectivity index (χ0v) is 11.2. The predicted molar refractivity (Wildman–Crippen MR) is 71.7 cm³/mol. The van der Waals surface area contributed by atoms with Crippen molar-refractivity contribution >= 4 is 27.5 Å². The number of rotatable bonds is 2. The lowest BCUT2D eigenvalue weighted by Crippen LogP contribution is -2.15. The van der Waals surface area contributed by atoms with Crippen LogP contribution in [0.25, 0.3) is 0 Å². The Kier molecular flexibility index (Phi) is 2.95. The summed E-state index contributed by atoms with van der Waals surface area (Å²) in [7, 11) is 0. The number of carbonyl (C=O) groups excluding carboxylic acids is 1. The Morgan fingerprint density at radius 3 is 2.29 bits per heavy atom. The van der Waals surface area contributed by atoms with Crippen LogP contribution < -0.4 is 5.32 Å². The number of hydrogen-bond donors (Lipinski definition) is 1. The van der Waals surface area contributed by atoms with E-state index >= 15 is 0 Å². The second-order valence-electron chi connectivity index (χ2n) is 5.13. The molecule has 0 saturated heterocycles. The summed E-state index contributed by atoms with van der Waals surface area (Å²) in [6, 6.07) is 7.78. The van der Waals surface area contributed by atoms with Crippen molar-refractivity contribution < 1.29 is 4.79 Å². The van der Waals surface area contributed by atoms with Gasteiger partial charge in [-0.2, -0.15) is 0 Å². The molecule has 90 valence electrons. The summed E-state index contributed by atoms with van der Waals surface area (Å²) in [6.07, 6.45) is 5.12. The van der Waals surface area contributed by atoms with Crippen molar-refractivity contribution in [2.45, 2.75) is 25.7 Å². The van der Waals surface area contributed by atoms with Gasteiger partial charge in [-0.1, -0.05) is 28.8 Å². The van der Waals surface area contributed by atoms with Gasteiger partial charge in [-0.25, -0.2) is 0 Å². The number of hydrogen-bond acceptors (Lipinski definition) is 1. The number of benzene rings is 1. The normalized spacial score (nSPS) is 30.5. The lowest BCUT2D eigenvalue weighted by atomic mass is 10.0. The highest BCUT2D eigenvalue weighted by molar-refractivity contribution is 9.10. The van der Waals surface area contributed by atoms with Crippen molar-refractivity contribution in [2.75, 3.05) is 5.32 Å². The zero-order chi connectivity index (χ0) is 11.8. The Bertz CT molecular complexity index is 416. The number of nitrogens with one attached hydrogen (secondary N) is 1. The third-order valence-corrected chi connectivity index (χ3v) is 4.60. The Morgan fingerprint density at radius 2 is 1.71 bits per heavy atom. The minimum atomic E-state index is 0.226. The average molecular weight is 294 g/mol. The zero-order valence-electron chi connectivity index (χ0n) is 9.66. The second-order valence-corrected chi connectivity index (χ2v) is 6.05. The molecular weight excluding hydrogens is 278 g/mol. The Hall–Kier alpha value is -0.830. The van der Waals surface area contributed by atoms with E-state index in [1.807, 2.05) is 24.3 Å². The van der Waals surface area contributed by atoms with Gasteiger partial charge in [0.1, 0.15) is 0 Å². The highest BCUT2D eigenvalue weighted by Crippen LogP contribution is 2.55. The molecule has 0 radical (unpaired) electrons. The van der Waals surface area contributed by atoms with E-state index in [9.17, 15) is 4.79 Å². The van der Waals surface area contributed by atoms with Crippen molar-refractivity contribution in [3.63, 3.8) is 0 Å². The van der Waals surface area contributed by atoms with E-state index in [1.54, 1.807) is 0 Å². The number of halogens is 1. The van der Waals surface area contributed by atoms with E-state index in [1.165, 1.54) is 25.7 Å². The van der Waals surface area contributed by atoms with E-state index in [-0.39, 0.29) is 5.91 Å². The van der Waals surface area contributed by atoms with Gasteiger partial charge in [0.2, 0.25) is 5.91 Å². The van der Waals surface area contributed by atoms with E-state index in [0.29, 0.717) is 17.8 Å². The quantitative estimate of drug-likeness (QED) is 0.882. The molecule has 2 saturated carbocycles. The minimum Gasteiger partial charge on any atom is -0.326 e. The molecule has 0 aliphatic heterocycles. The molecule has 1 aromatic rings. The Balaban J connectivity index is 1.62. The van der Waals surface area contributed by atoms with Crippen LogP contribution in [0.1, 0.15) is 25.7 Å². The first kappa shape index (κ1) is 11.3. The van der Waals surface area contributed by atoms with Gasteiger partial charge < -0.3 is 5.32 Å². The van der Waals surface area contributed by atoms with Gasteiger partial charge in [-0.15, -0.1) is 0 Å². The number of carbonyl (C=O) groups is 1. The average Bonchev–Trinajstić information content (AvgIpc) is 3.06. The van der Waals surface area contributed by atoms with E-state index < -0.39 is 0 Å². The molecule has 2 fully saturated rings. The summed E-state index contributed by atoms with van der Waals surface area (Å²) in [5.74, 6) is 1.88. The summed E-state index contributed by atoms with van der Waals surface area (Å²) < 4.78 is 1.04. The summed E-state index contributed by atoms with van der Waals surface area (Å²) in [6.45, 7) is 0. The van der Waals surface area contributed by atoms with Gasteiger partial charge in [0.05, 0.1) is 0 Å². The van der Waals surface area contributed by atoms with Crippen LogP contribution in [0.5, 0.6) is 0 Å². The largest absolute Gasteiger partial charge is 0.326 e. The van der Waals surface area contributed by atoms with Gasteiger partial charge in [0.15, 0.2) is 0 Å². The van der Waals surface area contributed by atoms with Crippen molar-refractivity contribution in [3.05, 3.63) is 28.7 Å². The smallest absolute Gasteiger partial charge is 0.228 e. The van der Waals surface area contributed by atoms with Crippen LogP contribution in [0.4, 0.5) is 5.69 Å². The first-order valence-electron chi connectivity index (χ1n) is 6.32. The maximum Gasteiger partial charge on any atom is 0.228 e. The summed E-state index contributed by atoms with van der Waals surface area (Å²) >= 11 is 3.39. The van der Waals surface area contributed by atoms with Crippen LogP contribution >= 0.6 is 15.9 Å². The predicted octanol–water partition coefficient (Wildman–Crippen LogP) is 3.82. The molecule has 2 nitrogen and oxygen atoms in total. The maximum atomic E-state index is 12.1. The van der Waals surface area contributed by atoms with Crippen molar-refractivity contribution in [3.8, 4) is 0 Å². The molecule has 0 spiro atoms. The van der Waals surface area contributed by atoms with Crippen molar-refractivity contribution in [1.29, 1.82) is 0 Å². The minimum absolute atomic E-state index is 0.226. The number of anilines is 1. The lowest BCUT2D eigenvalue weighted by molar-refractivity contribution is -0.117. The topological polar surface area (TPSA) is 29.1 Å². The van der Waals surface area contributed by atoms with Crippen LogP contribution in [-0.4, -0.2) is 5.91 Å². The molecule has 0 unspecified atom stereocenters. The standard InChI is InChI=1S/C14H16BrNO/c15-9-5-7-10(8-6-9)16-14(17)13-11-3-1-2-4-12(11)13/h5-8,11-13H,1-4H2,(H,16,17)/t11-,12-/m1/s1. The lowest BCUT2D eigenvalue weighted by Gasteiger charge is -2.04. The molecule has 0 heterocycles. The molecule has 1 aromatic carbocycles. The van der Waals surface area contributed by atoms with Crippen LogP contribution in [0.3, 0.4) is 0 Å². The van der Waals surface area contributed by atoms with Gasteiger partial charge in [0, 0.05) is 16.1 Å². The van der Waals surface area contributed by atoms with E-state index in [0.717, 1.165) is 10.2 Å². The van der Waals surface area contributed by atoms with Crippen LogP contribution in [0.15, 0.2) is 28.7 Å². The SMILES string of the molecule is O=C(Nc1ccc(Br)cc1)C1[C@@H]2CCCC[C@@H]12. The fraction of sp³-hybridized carbons (Fsp3) is 0.500. The molecule has 2 aliphatic rings. The van der Waals surface area contributed by atoms with E-state index in [2.05, 4.69) is 21.2 Å². The molecule has 1 amide bonds. The van der Waals surface area contributed by atoms with Gasteiger partial charge in [0.25, 0.3) is 0 Å². The molecule has 3 heteroatoms. The fourth-order valence-electron chi connectivity index (χ4n) is 3.14. The number of amides is 1. The Morgan fingerprint density at radius 1 is 1.12 bits per heavy atom. The van der Waals surface area contributed by atoms with Crippen molar-refractivity contribution in [2.24, 2.45) is 17.8 Å². The molecular formula is C14H16BrNO. The Labute approximate surface area is 110 Å². The van der Waals surface area contributed by atoms with Crippen LogP contribution in [0, 0.1) is 17.8 Å². The van der Waals surface area contributed by atoms with Crippen LogP contribution in [0.2, 0.25) is 0 Å². The van der Waals surface area contributed by atoms with Gasteiger partial charge >= 0.3 is 0 Å². The first-order chi connectivity index (χ1) is 8.25. The third-order valence-electron chi connectivity index (χ3n) is 4.07. The summed E-state index contributed by atoms with van der Waals surface area (Å²) in [4.78, 5) is 12.1. The molecule has 3 rings (SSSR count). The molecule has 2 atom stereocenters. The molecule has 0 bridgehead atoms. The first-order valence-corrected chi connectivity index (χ1v) is 7.11. The second kappa shape index (κ2) is 4.45. The highest BCUT2D eigenvalue weighted by atomic mass is 79.9. The molecule has 1 N–H and O–H groups in total. The number of fused-ring (bicyclic) bond motifs is 1. The summed E-state index contributed by atoms with van der Waals surface area (Å²) in [5, 5.41) is 3.03. The monoisotopic (exact) mass is 293 g/mol. The van der Waals surface area contributed by atoms with Gasteiger partial charge in [-0.05, 0) is 48.9 Å². The van der Waals surface area contributed by atoms with Crippen LogP contribution in [-0.2, 0) is 4.79 Å². The summed E-state index contributed by atoms with van der Waals surface area (Å²) in [5.41, 5.74) is 0.904. The maximum absolute atomic E-state index is 12.1.